The smallest absolute Gasteiger partial charge is 0.305 e. The summed E-state index contributed by atoms with van der Waals surface area (Å²) >= 11 is 0. The topological polar surface area (TPSA) is 72.6 Å². The van der Waals surface area contributed by atoms with Crippen LogP contribution in [0.3, 0.4) is 0 Å². The number of nitro groups is 1. The highest BCUT2D eigenvalue weighted by molar-refractivity contribution is 5.42. The molecular formula is C14H12FNO4. The second-order valence-corrected chi connectivity index (χ2v) is 4.19. The van der Waals surface area contributed by atoms with Gasteiger partial charge in [-0.15, -0.1) is 0 Å². The number of rotatable bonds is 4. The first-order valence-corrected chi connectivity index (χ1v) is 5.88. The van der Waals surface area contributed by atoms with Crippen molar-refractivity contribution in [1.29, 1.82) is 0 Å². The Morgan fingerprint density at radius 3 is 2.60 bits per heavy atom. The quantitative estimate of drug-likeness (QED) is 0.684. The molecule has 6 heteroatoms. The van der Waals surface area contributed by atoms with E-state index in [2.05, 4.69) is 0 Å². The van der Waals surface area contributed by atoms with Crippen molar-refractivity contribution in [3.63, 3.8) is 0 Å². The molecule has 2 aromatic rings. The van der Waals surface area contributed by atoms with Gasteiger partial charge in [-0.25, -0.2) is 0 Å². The summed E-state index contributed by atoms with van der Waals surface area (Å²) in [6, 6.07) is 10.0. The lowest BCUT2D eigenvalue weighted by molar-refractivity contribution is -0.387. The van der Waals surface area contributed by atoms with Gasteiger partial charge in [0.2, 0.25) is 5.82 Å². The summed E-state index contributed by atoms with van der Waals surface area (Å²) < 4.78 is 19.0. The number of hydrogen-bond acceptors (Lipinski definition) is 4. The van der Waals surface area contributed by atoms with Crippen LogP contribution >= 0.6 is 0 Å². The lowest BCUT2D eigenvalue weighted by Crippen LogP contribution is -1.97. The molecule has 0 aliphatic carbocycles. The van der Waals surface area contributed by atoms with Crippen molar-refractivity contribution >= 4 is 5.69 Å². The first-order chi connectivity index (χ1) is 9.49. The Hall–Kier alpha value is -2.47. The molecule has 0 radical (unpaired) electrons. The average Bonchev–Trinajstić information content (AvgIpc) is 2.38. The second kappa shape index (κ2) is 5.66. The van der Waals surface area contributed by atoms with E-state index in [0.717, 1.165) is 12.1 Å². The van der Waals surface area contributed by atoms with Crippen LogP contribution in [-0.4, -0.2) is 10.0 Å². The number of nitrogens with zero attached hydrogens (tertiary/aromatic N) is 1. The lowest BCUT2D eigenvalue weighted by atomic mass is 10.1. The van der Waals surface area contributed by atoms with Crippen molar-refractivity contribution in [2.75, 3.05) is 0 Å². The fourth-order valence-electron chi connectivity index (χ4n) is 1.74. The molecule has 20 heavy (non-hydrogen) atoms. The summed E-state index contributed by atoms with van der Waals surface area (Å²) in [6.07, 6.45) is -0.742. The summed E-state index contributed by atoms with van der Waals surface area (Å²) in [6.45, 7) is 1.58. The van der Waals surface area contributed by atoms with Crippen LogP contribution in [-0.2, 0) is 0 Å². The Bertz CT molecular complexity index is 643. The molecule has 0 fully saturated rings. The number of ether oxygens (including phenoxy) is 1. The van der Waals surface area contributed by atoms with E-state index in [-0.39, 0.29) is 5.75 Å². The summed E-state index contributed by atoms with van der Waals surface area (Å²) in [4.78, 5) is 9.72. The SMILES string of the molecule is C[C@@H](O)c1ccccc1Oc1ccc([N+](=O)[O-])c(F)c1. The Labute approximate surface area is 114 Å². The maximum absolute atomic E-state index is 13.5. The molecule has 0 spiro atoms. The van der Waals surface area contributed by atoms with Crippen LogP contribution in [0.4, 0.5) is 10.1 Å². The summed E-state index contributed by atoms with van der Waals surface area (Å²) in [7, 11) is 0. The standard InChI is InChI=1S/C14H12FNO4/c1-9(17)11-4-2-3-5-14(11)20-10-6-7-13(16(18)19)12(15)8-10/h2-9,17H,1H3/t9-/m1/s1. The first kappa shape index (κ1) is 14.0. The molecule has 0 unspecified atom stereocenters. The number of halogens is 1. The van der Waals surface area contributed by atoms with Crippen LogP contribution in [0.15, 0.2) is 42.5 Å². The third kappa shape index (κ3) is 2.92. The Kier molecular flexibility index (Phi) is 3.95. The van der Waals surface area contributed by atoms with Gasteiger partial charge in [0.25, 0.3) is 0 Å². The predicted octanol–water partition coefficient (Wildman–Crippen LogP) is 3.58. The largest absolute Gasteiger partial charge is 0.457 e. The van der Waals surface area contributed by atoms with Gasteiger partial charge in [-0.05, 0) is 19.1 Å². The van der Waals surface area contributed by atoms with Crippen molar-refractivity contribution in [3.05, 3.63) is 64.0 Å². The van der Waals surface area contributed by atoms with Crippen LogP contribution < -0.4 is 4.74 Å². The second-order valence-electron chi connectivity index (χ2n) is 4.19. The van der Waals surface area contributed by atoms with E-state index in [4.69, 9.17) is 4.74 Å². The number of aliphatic hydroxyl groups excluding tert-OH is 1. The van der Waals surface area contributed by atoms with Crippen LogP contribution in [0.2, 0.25) is 0 Å². The van der Waals surface area contributed by atoms with Crippen molar-refractivity contribution < 1.29 is 19.2 Å². The molecule has 0 aliphatic heterocycles. The minimum Gasteiger partial charge on any atom is -0.457 e. The molecule has 104 valence electrons. The zero-order valence-electron chi connectivity index (χ0n) is 10.6. The van der Waals surface area contributed by atoms with Crippen molar-refractivity contribution in [1.82, 2.24) is 0 Å². The summed E-state index contributed by atoms with van der Waals surface area (Å²) in [5, 5.41) is 20.1. The van der Waals surface area contributed by atoms with E-state index in [9.17, 15) is 19.6 Å². The van der Waals surface area contributed by atoms with E-state index in [1.807, 2.05) is 0 Å². The van der Waals surface area contributed by atoms with Crippen molar-refractivity contribution in [3.8, 4) is 11.5 Å². The van der Waals surface area contributed by atoms with Crippen LogP contribution in [0.5, 0.6) is 11.5 Å². The molecule has 5 nitrogen and oxygen atoms in total. The molecule has 1 N–H and O–H groups in total. The molecule has 1 atom stereocenters. The van der Waals surface area contributed by atoms with Gasteiger partial charge in [-0.1, -0.05) is 18.2 Å². The van der Waals surface area contributed by atoms with Gasteiger partial charge in [-0.3, -0.25) is 10.1 Å². The highest BCUT2D eigenvalue weighted by Crippen LogP contribution is 2.31. The van der Waals surface area contributed by atoms with Crippen LogP contribution in [0.1, 0.15) is 18.6 Å². The van der Waals surface area contributed by atoms with Crippen LogP contribution in [0, 0.1) is 15.9 Å². The summed E-state index contributed by atoms with van der Waals surface area (Å²) in [5.41, 5.74) is -0.0626. The van der Waals surface area contributed by atoms with E-state index in [0.29, 0.717) is 11.3 Å². The Balaban J connectivity index is 2.31. The van der Waals surface area contributed by atoms with Crippen LogP contribution in [0.25, 0.3) is 0 Å². The molecule has 0 aromatic heterocycles. The third-order valence-electron chi connectivity index (χ3n) is 2.71. The number of benzene rings is 2. The molecule has 0 aliphatic rings. The first-order valence-electron chi connectivity index (χ1n) is 5.88. The highest BCUT2D eigenvalue weighted by atomic mass is 19.1. The number of nitro benzene ring substituents is 1. The molecular weight excluding hydrogens is 265 g/mol. The Morgan fingerprint density at radius 1 is 1.30 bits per heavy atom. The Morgan fingerprint density at radius 2 is 2.00 bits per heavy atom. The predicted molar refractivity (Wildman–Crippen MR) is 70.2 cm³/mol. The molecule has 0 saturated carbocycles. The molecule has 2 rings (SSSR count). The summed E-state index contributed by atoms with van der Waals surface area (Å²) in [5.74, 6) is -0.473. The average molecular weight is 277 g/mol. The van der Waals surface area contributed by atoms with Gasteiger partial charge >= 0.3 is 5.69 Å². The number of aliphatic hydroxyl groups is 1. The van der Waals surface area contributed by atoms with E-state index in [1.165, 1.54) is 6.07 Å². The highest BCUT2D eigenvalue weighted by Gasteiger charge is 2.15. The van der Waals surface area contributed by atoms with E-state index in [1.54, 1.807) is 31.2 Å². The van der Waals surface area contributed by atoms with E-state index >= 15 is 0 Å². The third-order valence-corrected chi connectivity index (χ3v) is 2.71. The maximum atomic E-state index is 13.5. The fraction of sp³-hybridized carbons (Fsp3) is 0.143. The molecule has 0 amide bonds. The number of hydrogen-bond donors (Lipinski definition) is 1. The number of para-hydroxylation sites is 1. The van der Waals surface area contributed by atoms with E-state index < -0.39 is 22.5 Å². The van der Waals surface area contributed by atoms with Gasteiger partial charge in [-0.2, -0.15) is 4.39 Å². The minimum absolute atomic E-state index is 0.126. The van der Waals surface area contributed by atoms with Gasteiger partial charge in [0.1, 0.15) is 11.5 Å². The van der Waals surface area contributed by atoms with Gasteiger partial charge in [0.05, 0.1) is 11.0 Å². The molecule has 0 bridgehead atoms. The lowest BCUT2D eigenvalue weighted by Gasteiger charge is -2.12. The van der Waals surface area contributed by atoms with Gasteiger partial charge in [0, 0.05) is 17.7 Å². The van der Waals surface area contributed by atoms with Crippen molar-refractivity contribution in [2.45, 2.75) is 13.0 Å². The molecule has 2 aromatic carbocycles. The fourth-order valence-corrected chi connectivity index (χ4v) is 1.74. The minimum atomic E-state index is -0.970. The molecule has 0 heterocycles. The van der Waals surface area contributed by atoms with Crippen molar-refractivity contribution in [2.24, 2.45) is 0 Å². The zero-order chi connectivity index (χ0) is 14.7. The molecule has 0 saturated heterocycles. The maximum Gasteiger partial charge on any atom is 0.305 e. The van der Waals surface area contributed by atoms with Gasteiger partial charge < -0.3 is 9.84 Å². The zero-order valence-corrected chi connectivity index (χ0v) is 10.6. The monoisotopic (exact) mass is 277 g/mol. The van der Waals surface area contributed by atoms with Gasteiger partial charge in [0.15, 0.2) is 0 Å². The normalized spacial score (nSPS) is 11.9.